The first-order valence-electron chi connectivity index (χ1n) is 7.33. The molecule has 1 aromatic carbocycles. The van der Waals surface area contributed by atoms with Crippen molar-refractivity contribution < 1.29 is 4.79 Å². The average molecular weight is 295 g/mol. The van der Waals surface area contributed by atoms with Gasteiger partial charge >= 0.3 is 0 Å². The third-order valence-electron chi connectivity index (χ3n) is 3.47. The van der Waals surface area contributed by atoms with Crippen molar-refractivity contribution in [2.75, 3.05) is 6.54 Å². The summed E-state index contributed by atoms with van der Waals surface area (Å²) < 4.78 is 0. The Morgan fingerprint density at radius 2 is 2.00 bits per heavy atom. The molecule has 0 spiro atoms. The summed E-state index contributed by atoms with van der Waals surface area (Å²) in [5.41, 5.74) is 1.14. The van der Waals surface area contributed by atoms with Gasteiger partial charge in [0.25, 0.3) is 0 Å². The maximum absolute atomic E-state index is 12.3. The van der Waals surface area contributed by atoms with Crippen LogP contribution in [0.2, 0.25) is 5.02 Å². The van der Waals surface area contributed by atoms with E-state index in [0.29, 0.717) is 25.0 Å². The van der Waals surface area contributed by atoms with E-state index in [1.165, 1.54) is 0 Å². The van der Waals surface area contributed by atoms with Crippen LogP contribution in [0.25, 0.3) is 0 Å². The molecule has 0 atom stereocenters. The fraction of sp³-hybridized carbons (Fsp3) is 0.562. The minimum Gasteiger partial charge on any atom is -0.335 e. The highest BCUT2D eigenvalue weighted by molar-refractivity contribution is 6.30. The molecular weight excluding hydrogens is 272 g/mol. The lowest BCUT2D eigenvalue weighted by Gasteiger charge is -2.23. The van der Waals surface area contributed by atoms with E-state index in [2.05, 4.69) is 19.2 Å². The molecule has 0 heterocycles. The second-order valence-corrected chi connectivity index (χ2v) is 6.17. The summed E-state index contributed by atoms with van der Waals surface area (Å²) in [4.78, 5) is 14.4. The molecule has 1 aromatic rings. The molecule has 20 heavy (non-hydrogen) atoms. The first-order valence-corrected chi connectivity index (χ1v) is 7.71. The molecule has 2 rings (SSSR count). The van der Waals surface area contributed by atoms with Gasteiger partial charge in [-0.3, -0.25) is 4.79 Å². The van der Waals surface area contributed by atoms with Crippen molar-refractivity contribution in [1.82, 2.24) is 10.2 Å². The molecule has 0 bridgehead atoms. The van der Waals surface area contributed by atoms with Gasteiger partial charge in [0.1, 0.15) is 0 Å². The van der Waals surface area contributed by atoms with E-state index in [1.54, 1.807) is 0 Å². The highest BCUT2D eigenvalue weighted by Gasteiger charge is 2.32. The van der Waals surface area contributed by atoms with Crippen LogP contribution in [0.1, 0.15) is 38.7 Å². The van der Waals surface area contributed by atoms with E-state index in [1.807, 2.05) is 29.2 Å². The molecule has 1 saturated carbocycles. The Labute approximate surface area is 126 Å². The molecule has 0 saturated heterocycles. The zero-order valence-corrected chi connectivity index (χ0v) is 13.0. The highest BCUT2D eigenvalue weighted by atomic mass is 35.5. The maximum Gasteiger partial charge on any atom is 0.224 e. The van der Waals surface area contributed by atoms with Crippen LogP contribution in [0, 0.1) is 0 Å². The molecule has 0 unspecified atom stereocenters. The fourth-order valence-electron chi connectivity index (χ4n) is 2.21. The number of carbonyl (C=O) groups excluding carboxylic acids is 1. The summed E-state index contributed by atoms with van der Waals surface area (Å²) in [6.07, 6.45) is 2.84. The monoisotopic (exact) mass is 294 g/mol. The molecule has 1 amide bonds. The van der Waals surface area contributed by atoms with E-state index in [4.69, 9.17) is 11.6 Å². The normalized spacial score (nSPS) is 14.6. The highest BCUT2D eigenvalue weighted by Crippen LogP contribution is 2.29. The molecule has 1 aliphatic rings. The summed E-state index contributed by atoms with van der Waals surface area (Å²) >= 11 is 5.89. The van der Waals surface area contributed by atoms with Crippen molar-refractivity contribution in [2.45, 2.75) is 51.7 Å². The fourth-order valence-corrected chi connectivity index (χ4v) is 2.33. The summed E-state index contributed by atoms with van der Waals surface area (Å²) in [5, 5.41) is 4.03. The van der Waals surface area contributed by atoms with Gasteiger partial charge in [0, 0.05) is 36.6 Å². The Hall–Kier alpha value is -1.06. The number of hydrogen-bond donors (Lipinski definition) is 1. The van der Waals surface area contributed by atoms with Crippen LogP contribution in [0.5, 0.6) is 0 Å². The Balaban J connectivity index is 1.89. The lowest BCUT2D eigenvalue weighted by molar-refractivity contribution is -0.132. The number of carbonyl (C=O) groups is 1. The van der Waals surface area contributed by atoms with E-state index in [0.717, 1.165) is 30.0 Å². The molecule has 0 aromatic heterocycles. The minimum absolute atomic E-state index is 0.246. The van der Waals surface area contributed by atoms with Crippen LogP contribution in [0.4, 0.5) is 0 Å². The second-order valence-electron chi connectivity index (χ2n) is 5.74. The molecule has 3 nitrogen and oxygen atoms in total. The number of benzene rings is 1. The third kappa shape index (κ3) is 4.80. The third-order valence-corrected chi connectivity index (χ3v) is 3.72. The van der Waals surface area contributed by atoms with Gasteiger partial charge in [-0.05, 0) is 30.5 Å². The molecule has 1 fully saturated rings. The first-order chi connectivity index (χ1) is 9.56. The Morgan fingerprint density at radius 1 is 1.35 bits per heavy atom. The van der Waals surface area contributed by atoms with Crippen molar-refractivity contribution in [2.24, 2.45) is 0 Å². The smallest absolute Gasteiger partial charge is 0.224 e. The van der Waals surface area contributed by atoms with Crippen LogP contribution in [-0.4, -0.2) is 29.4 Å². The molecule has 1 aliphatic carbocycles. The van der Waals surface area contributed by atoms with Gasteiger partial charge in [-0.15, -0.1) is 0 Å². The largest absolute Gasteiger partial charge is 0.335 e. The van der Waals surface area contributed by atoms with Crippen molar-refractivity contribution in [3.63, 3.8) is 0 Å². The quantitative estimate of drug-likeness (QED) is 0.837. The summed E-state index contributed by atoms with van der Waals surface area (Å²) in [7, 11) is 0. The number of hydrogen-bond acceptors (Lipinski definition) is 2. The van der Waals surface area contributed by atoms with E-state index < -0.39 is 0 Å². The van der Waals surface area contributed by atoms with Crippen LogP contribution in [-0.2, 0) is 11.3 Å². The molecule has 0 radical (unpaired) electrons. The predicted octanol–water partition coefficient (Wildman–Crippen LogP) is 3.22. The predicted molar refractivity (Wildman–Crippen MR) is 82.8 cm³/mol. The lowest BCUT2D eigenvalue weighted by atomic mass is 10.2. The van der Waals surface area contributed by atoms with Gasteiger partial charge in [-0.25, -0.2) is 0 Å². The minimum atomic E-state index is 0.246. The SMILES string of the molecule is CC(C)NCCC(=O)N(Cc1ccc(Cl)cc1)C1CC1. The zero-order valence-electron chi connectivity index (χ0n) is 12.2. The molecule has 4 heteroatoms. The standard InChI is InChI=1S/C16H23ClN2O/c1-12(2)18-10-9-16(20)19(15-7-8-15)11-13-3-5-14(17)6-4-13/h3-6,12,15,18H,7-11H2,1-2H3. The van der Waals surface area contributed by atoms with Gasteiger partial charge in [0.05, 0.1) is 0 Å². The molecule has 1 N–H and O–H groups in total. The zero-order chi connectivity index (χ0) is 14.5. The second kappa shape index (κ2) is 7.09. The van der Waals surface area contributed by atoms with Gasteiger partial charge in [0.15, 0.2) is 0 Å². The summed E-state index contributed by atoms with van der Waals surface area (Å²) in [6, 6.07) is 8.62. The Morgan fingerprint density at radius 3 is 2.55 bits per heavy atom. The van der Waals surface area contributed by atoms with Gasteiger partial charge in [0.2, 0.25) is 5.91 Å². The van der Waals surface area contributed by atoms with Gasteiger partial charge in [-0.1, -0.05) is 37.6 Å². The topological polar surface area (TPSA) is 32.3 Å². The maximum atomic E-state index is 12.3. The van der Waals surface area contributed by atoms with Crippen molar-refractivity contribution in [1.29, 1.82) is 0 Å². The van der Waals surface area contributed by atoms with Crippen LogP contribution in [0.3, 0.4) is 0 Å². The van der Waals surface area contributed by atoms with Crippen LogP contribution >= 0.6 is 11.6 Å². The first kappa shape index (κ1) is 15.3. The number of amides is 1. The average Bonchev–Trinajstić information content (AvgIpc) is 3.21. The summed E-state index contributed by atoms with van der Waals surface area (Å²) in [5.74, 6) is 0.246. The number of rotatable bonds is 7. The number of nitrogens with zero attached hydrogens (tertiary/aromatic N) is 1. The van der Waals surface area contributed by atoms with Gasteiger partial charge < -0.3 is 10.2 Å². The summed E-state index contributed by atoms with van der Waals surface area (Å²) in [6.45, 7) is 5.64. The van der Waals surface area contributed by atoms with Crippen molar-refractivity contribution >= 4 is 17.5 Å². The van der Waals surface area contributed by atoms with Crippen LogP contribution in [0.15, 0.2) is 24.3 Å². The number of nitrogens with one attached hydrogen (secondary N) is 1. The Kier molecular flexibility index (Phi) is 5.44. The van der Waals surface area contributed by atoms with Crippen molar-refractivity contribution in [3.05, 3.63) is 34.9 Å². The van der Waals surface area contributed by atoms with Crippen LogP contribution < -0.4 is 5.32 Å². The van der Waals surface area contributed by atoms with Gasteiger partial charge in [-0.2, -0.15) is 0 Å². The van der Waals surface area contributed by atoms with Crippen molar-refractivity contribution in [3.8, 4) is 0 Å². The molecular formula is C16H23ClN2O. The van der Waals surface area contributed by atoms with E-state index in [9.17, 15) is 4.79 Å². The molecule has 110 valence electrons. The lowest BCUT2D eigenvalue weighted by Crippen LogP contribution is -2.35. The van der Waals surface area contributed by atoms with E-state index >= 15 is 0 Å². The van der Waals surface area contributed by atoms with E-state index in [-0.39, 0.29) is 5.91 Å². The molecule has 0 aliphatic heterocycles. The Bertz CT molecular complexity index is 440. The number of halogens is 1.